The van der Waals surface area contributed by atoms with E-state index in [9.17, 15) is 0 Å². The van der Waals surface area contributed by atoms with Crippen molar-refractivity contribution in [3.63, 3.8) is 0 Å². The smallest absolute Gasteiger partial charge is 0.0442 e. The van der Waals surface area contributed by atoms with Gasteiger partial charge < -0.3 is 0 Å². The minimum Gasteiger partial charge on any atom is -0.122 e. The number of halogens is 3. The Morgan fingerprint density at radius 3 is 2.05 bits per heavy atom. The van der Waals surface area contributed by atoms with E-state index in [-0.39, 0.29) is 0 Å². The molecule has 21 heavy (non-hydrogen) atoms. The van der Waals surface area contributed by atoms with E-state index >= 15 is 0 Å². The van der Waals surface area contributed by atoms with Crippen LogP contribution in [0, 0.1) is 0 Å². The van der Waals surface area contributed by atoms with Gasteiger partial charge in [0.1, 0.15) is 0 Å². The van der Waals surface area contributed by atoms with E-state index < -0.39 is 0 Å². The van der Waals surface area contributed by atoms with Gasteiger partial charge >= 0.3 is 0 Å². The van der Waals surface area contributed by atoms with Gasteiger partial charge in [0.05, 0.1) is 0 Å². The van der Waals surface area contributed by atoms with Gasteiger partial charge in [0.15, 0.2) is 0 Å². The van der Waals surface area contributed by atoms with Crippen molar-refractivity contribution in [1.82, 2.24) is 0 Å². The van der Waals surface area contributed by atoms with Crippen molar-refractivity contribution in [2.45, 2.75) is 66.2 Å². The second-order valence-corrected chi connectivity index (χ2v) is 6.31. The van der Waals surface area contributed by atoms with E-state index in [1.54, 1.807) is 0 Å². The summed E-state index contributed by atoms with van der Waals surface area (Å²) < 4.78 is 0. The third kappa shape index (κ3) is 7.77. The van der Waals surface area contributed by atoms with Crippen LogP contribution >= 0.6 is 34.8 Å². The zero-order valence-electron chi connectivity index (χ0n) is 13.9. The van der Waals surface area contributed by atoms with E-state index in [0.717, 1.165) is 36.3 Å². The molecule has 0 aliphatic carbocycles. The number of allylic oxidation sites excluding steroid dienone is 6. The number of hydrogen-bond donors (Lipinski definition) is 0. The fourth-order valence-corrected chi connectivity index (χ4v) is 3.01. The second kappa shape index (κ2) is 12.6. The fourth-order valence-electron chi connectivity index (χ4n) is 2.17. The lowest BCUT2D eigenvalue weighted by molar-refractivity contribution is 0.787. The molecule has 0 aromatic rings. The van der Waals surface area contributed by atoms with Crippen LogP contribution in [0.4, 0.5) is 0 Å². The summed E-state index contributed by atoms with van der Waals surface area (Å²) in [5.41, 5.74) is 4.85. The lowest BCUT2D eigenvalue weighted by Crippen LogP contribution is -1.98. The fraction of sp³-hybridized carbons (Fsp3) is 0.667. The van der Waals surface area contributed by atoms with E-state index in [0.29, 0.717) is 11.8 Å². The van der Waals surface area contributed by atoms with Crippen LogP contribution in [0.1, 0.15) is 66.2 Å². The Morgan fingerprint density at radius 1 is 0.952 bits per heavy atom. The summed E-state index contributed by atoms with van der Waals surface area (Å²) in [6.07, 6.45) is 8.50. The van der Waals surface area contributed by atoms with Crippen LogP contribution in [0.3, 0.4) is 0 Å². The average molecular weight is 352 g/mol. The molecule has 0 N–H and O–H groups in total. The number of hydrogen-bond acceptors (Lipinski definition) is 0. The molecule has 0 atom stereocenters. The Kier molecular flexibility index (Phi) is 12.7. The highest BCUT2D eigenvalue weighted by Crippen LogP contribution is 2.28. The monoisotopic (exact) mass is 350 g/mol. The first kappa shape index (κ1) is 21.1. The maximum Gasteiger partial charge on any atom is 0.0442 e. The van der Waals surface area contributed by atoms with E-state index in [2.05, 4.69) is 33.8 Å². The summed E-state index contributed by atoms with van der Waals surface area (Å²) in [6.45, 7) is 8.57. The first-order chi connectivity index (χ1) is 10.0. The Bertz CT molecular complexity index is 383. The molecule has 0 rings (SSSR count). The summed E-state index contributed by atoms with van der Waals surface area (Å²) in [7, 11) is 0. The molecule has 0 aromatic carbocycles. The third-order valence-corrected chi connectivity index (χ3v) is 4.76. The summed E-state index contributed by atoms with van der Waals surface area (Å²) in [5.74, 6) is 1.11. The maximum absolute atomic E-state index is 6.46. The molecule has 0 saturated carbocycles. The van der Waals surface area contributed by atoms with Gasteiger partial charge in [0.2, 0.25) is 0 Å². The molecule has 0 aliphatic rings. The summed E-state index contributed by atoms with van der Waals surface area (Å²) in [5, 5.41) is 0.934. The number of unbranched alkanes of at least 4 members (excludes halogenated alkanes) is 1. The first-order valence-corrected chi connectivity index (χ1v) is 9.39. The highest BCUT2D eigenvalue weighted by molar-refractivity contribution is 6.30. The van der Waals surface area contributed by atoms with Crippen LogP contribution in [0.15, 0.2) is 33.4 Å². The molecule has 0 amide bonds. The first-order valence-electron chi connectivity index (χ1n) is 7.94. The van der Waals surface area contributed by atoms with Gasteiger partial charge in [-0.15, -0.1) is 23.2 Å². The van der Waals surface area contributed by atoms with Gasteiger partial charge in [-0.3, -0.25) is 0 Å². The van der Waals surface area contributed by atoms with E-state index in [1.807, 2.05) is 0 Å². The molecule has 0 unspecified atom stereocenters. The molecular formula is C18H29Cl3. The van der Waals surface area contributed by atoms with Gasteiger partial charge in [-0.1, -0.05) is 56.9 Å². The minimum absolute atomic E-state index is 0.541. The molecule has 0 aromatic heterocycles. The largest absolute Gasteiger partial charge is 0.122 e. The van der Waals surface area contributed by atoms with Gasteiger partial charge in [-0.05, 0) is 49.3 Å². The highest BCUT2D eigenvalue weighted by atomic mass is 35.5. The van der Waals surface area contributed by atoms with Crippen molar-refractivity contribution >= 4 is 34.8 Å². The molecule has 0 saturated heterocycles. The SMILES string of the molecule is CCCCC(=CC(=C(CC)CCl)C(C)=C(Cl)CCC)CCl. The molecule has 122 valence electrons. The molecule has 0 nitrogen and oxygen atoms in total. The summed E-state index contributed by atoms with van der Waals surface area (Å²) in [4.78, 5) is 0. The lowest BCUT2D eigenvalue weighted by atomic mass is 9.95. The van der Waals surface area contributed by atoms with Crippen molar-refractivity contribution in [1.29, 1.82) is 0 Å². The molecule has 0 fully saturated rings. The minimum atomic E-state index is 0.541. The van der Waals surface area contributed by atoms with Crippen LogP contribution < -0.4 is 0 Å². The van der Waals surface area contributed by atoms with Crippen molar-refractivity contribution in [3.05, 3.63) is 33.4 Å². The second-order valence-electron chi connectivity index (χ2n) is 5.32. The van der Waals surface area contributed by atoms with Crippen LogP contribution in [-0.2, 0) is 0 Å². The zero-order valence-corrected chi connectivity index (χ0v) is 16.1. The van der Waals surface area contributed by atoms with Gasteiger partial charge in [0, 0.05) is 16.8 Å². The van der Waals surface area contributed by atoms with Gasteiger partial charge in [0.25, 0.3) is 0 Å². The van der Waals surface area contributed by atoms with E-state index in [4.69, 9.17) is 34.8 Å². The van der Waals surface area contributed by atoms with Crippen LogP contribution in [-0.4, -0.2) is 11.8 Å². The predicted molar refractivity (Wildman–Crippen MR) is 99.8 cm³/mol. The molecule has 0 aliphatic heterocycles. The van der Waals surface area contributed by atoms with Crippen LogP contribution in [0.5, 0.6) is 0 Å². The topological polar surface area (TPSA) is 0 Å². The van der Waals surface area contributed by atoms with Crippen molar-refractivity contribution in [2.24, 2.45) is 0 Å². The quantitative estimate of drug-likeness (QED) is 0.281. The Balaban J connectivity index is 5.69. The molecule has 0 heterocycles. The molecule has 0 spiro atoms. The van der Waals surface area contributed by atoms with Crippen molar-refractivity contribution in [3.8, 4) is 0 Å². The van der Waals surface area contributed by atoms with Gasteiger partial charge in [-0.25, -0.2) is 0 Å². The van der Waals surface area contributed by atoms with Gasteiger partial charge in [-0.2, -0.15) is 0 Å². The molecule has 0 bridgehead atoms. The molecule has 3 heteroatoms. The highest BCUT2D eigenvalue weighted by Gasteiger charge is 2.10. The van der Waals surface area contributed by atoms with Crippen LogP contribution in [0.25, 0.3) is 0 Å². The van der Waals surface area contributed by atoms with Crippen molar-refractivity contribution in [2.75, 3.05) is 11.8 Å². The Morgan fingerprint density at radius 2 is 1.62 bits per heavy atom. The lowest BCUT2D eigenvalue weighted by Gasteiger charge is -2.14. The van der Waals surface area contributed by atoms with Crippen molar-refractivity contribution < 1.29 is 0 Å². The molecular weight excluding hydrogens is 323 g/mol. The average Bonchev–Trinajstić information content (AvgIpc) is 2.50. The summed E-state index contributed by atoms with van der Waals surface area (Å²) >= 11 is 18.7. The number of rotatable bonds is 10. The Hall–Kier alpha value is 0.0900. The molecule has 0 radical (unpaired) electrons. The Labute approximate surface area is 146 Å². The zero-order chi connectivity index (χ0) is 16.3. The maximum atomic E-state index is 6.46. The predicted octanol–water partition coefficient (Wildman–Crippen LogP) is 7.60. The third-order valence-electron chi connectivity index (χ3n) is 3.62. The van der Waals surface area contributed by atoms with Crippen LogP contribution in [0.2, 0.25) is 0 Å². The standard InChI is InChI=1S/C18H29Cl3/c1-5-8-10-15(12-19)11-17(16(7-3)13-20)14(4)18(21)9-6-2/h11H,5-10,12-13H2,1-4H3. The summed E-state index contributed by atoms with van der Waals surface area (Å²) in [6, 6.07) is 0. The van der Waals surface area contributed by atoms with E-state index in [1.165, 1.54) is 29.6 Å². The number of alkyl halides is 2. The normalized spacial score (nSPS) is 14.9.